The van der Waals surface area contributed by atoms with E-state index in [0.717, 1.165) is 12.5 Å². The van der Waals surface area contributed by atoms with Gasteiger partial charge in [-0.1, -0.05) is 72.3 Å². The molecule has 4 rings (SSSR count). The molecule has 20 heteroatoms. The van der Waals surface area contributed by atoms with E-state index in [1.165, 1.54) is 47.7 Å². The minimum absolute atomic E-state index is 0.106. The van der Waals surface area contributed by atoms with Gasteiger partial charge < -0.3 is 23.7 Å². The number of nitrogens with zero attached hydrogens (tertiary/aromatic N) is 4. The number of methoxy groups -OCH3 is 5. The molecular weight excluding hydrogens is 732 g/mol. The maximum Gasteiger partial charge on any atom is 0.278 e. The Kier molecular flexibility index (Phi) is 13.2. The van der Waals surface area contributed by atoms with Crippen LogP contribution in [0, 0.1) is 0 Å². The highest BCUT2D eigenvalue weighted by molar-refractivity contribution is 7.89. The van der Waals surface area contributed by atoms with Crippen molar-refractivity contribution in [3.8, 4) is 23.5 Å². The maximum absolute atomic E-state index is 12.9. The third-order valence-electron chi connectivity index (χ3n) is 6.66. The van der Waals surface area contributed by atoms with Gasteiger partial charge in [0.15, 0.2) is 11.6 Å². The molecule has 274 valence electrons. The first-order valence-electron chi connectivity index (χ1n) is 14.3. The van der Waals surface area contributed by atoms with Gasteiger partial charge in [-0.05, 0) is 5.56 Å². The van der Waals surface area contributed by atoms with Crippen LogP contribution in [-0.4, -0.2) is 96.6 Å². The fourth-order valence-electron chi connectivity index (χ4n) is 4.38. The van der Waals surface area contributed by atoms with Crippen molar-refractivity contribution in [2.75, 3.05) is 48.1 Å². The van der Waals surface area contributed by atoms with Crippen molar-refractivity contribution in [1.29, 1.82) is 0 Å². The summed E-state index contributed by atoms with van der Waals surface area (Å²) >= 11 is 6.59. The van der Waals surface area contributed by atoms with Crippen LogP contribution in [0.15, 0.2) is 72.8 Å². The summed E-state index contributed by atoms with van der Waals surface area (Å²) in [4.78, 5) is 40.2. The second kappa shape index (κ2) is 16.7. The van der Waals surface area contributed by atoms with Crippen LogP contribution >= 0.6 is 11.6 Å². The average molecular weight is 767 g/mol. The van der Waals surface area contributed by atoms with E-state index >= 15 is 0 Å². The van der Waals surface area contributed by atoms with Gasteiger partial charge in [-0.3, -0.25) is 19.0 Å². The van der Waals surface area contributed by atoms with Gasteiger partial charge in [0.1, 0.15) is 0 Å². The molecule has 0 radical (unpaired) electrons. The topological polar surface area (TPSA) is 224 Å². The number of hydrogen-bond donors (Lipinski definition) is 2. The van der Waals surface area contributed by atoms with Crippen molar-refractivity contribution in [2.24, 2.45) is 0 Å². The maximum atomic E-state index is 12.9. The van der Waals surface area contributed by atoms with Gasteiger partial charge in [0.25, 0.3) is 11.8 Å². The van der Waals surface area contributed by atoms with E-state index in [-0.39, 0.29) is 40.7 Å². The molecule has 0 aliphatic heterocycles. The summed E-state index contributed by atoms with van der Waals surface area (Å²) in [6.07, 6.45) is 1.71. The molecule has 2 unspecified atom stereocenters. The molecule has 2 aromatic carbocycles. The van der Waals surface area contributed by atoms with Crippen molar-refractivity contribution < 1.29 is 50.1 Å². The zero-order chi connectivity index (χ0) is 38.0. The highest BCUT2D eigenvalue weighted by atomic mass is 35.5. The van der Waals surface area contributed by atoms with Crippen LogP contribution < -0.4 is 28.4 Å². The Balaban J connectivity index is 0.000000276. The first kappa shape index (κ1) is 40.3. The normalized spacial score (nSPS) is 13.6. The van der Waals surface area contributed by atoms with Gasteiger partial charge in [-0.2, -0.15) is 19.9 Å². The Bertz CT molecular complexity index is 2020. The molecule has 2 aromatic heterocycles. The molecule has 2 atom stereocenters. The predicted molar refractivity (Wildman–Crippen MR) is 184 cm³/mol. The lowest BCUT2D eigenvalue weighted by atomic mass is 9.91. The number of ether oxygens (including phenoxy) is 5. The van der Waals surface area contributed by atoms with Crippen LogP contribution in [0.4, 0.5) is 0 Å². The van der Waals surface area contributed by atoms with E-state index < -0.39 is 42.3 Å². The quantitative estimate of drug-likeness (QED) is 0.184. The van der Waals surface area contributed by atoms with Crippen molar-refractivity contribution in [3.63, 3.8) is 0 Å². The van der Waals surface area contributed by atoms with Crippen LogP contribution in [0.2, 0.25) is 0 Å². The highest BCUT2D eigenvalue weighted by Crippen LogP contribution is 2.37. The average Bonchev–Trinajstić information content (AvgIpc) is 3.11. The molecule has 0 spiro atoms. The standard InChI is InChI=1S/C16H19N3O6S.C15H16ClN3O5S/c1-23-12-10-13(24-2)18-14(17-12)16(25-3,11-8-6-5-7-9-11)15(20)19-26(4,21)22;1-23-11-9-12(24-2)18-13(17-11)15(16,10-7-5-4-6-8-10)14(20)19-25(3,21)22/h5-10H,1-4H3,(H,19,20);4-9H,1-3H3,(H,19,20). The predicted octanol–water partition coefficient (Wildman–Crippen LogP) is 1.51. The summed E-state index contributed by atoms with van der Waals surface area (Å²) in [6.45, 7) is 0. The fourth-order valence-corrected chi connectivity index (χ4v) is 5.67. The van der Waals surface area contributed by atoms with Crippen LogP contribution in [0.5, 0.6) is 23.5 Å². The summed E-state index contributed by atoms with van der Waals surface area (Å²) < 4.78 is 76.0. The van der Waals surface area contributed by atoms with Crippen molar-refractivity contribution in [1.82, 2.24) is 29.4 Å². The van der Waals surface area contributed by atoms with E-state index in [1.807, 2.05) is 9.44 Å². The van der Waals surface area contributed by atoms with E-state index in [9.17, 15) is 26.4 Å². The third kappa shape index (κ3) is 9.78. The zero-order valence-electron chi connectivity index (χ0n) is 28.4. The number of rotatable bonds is 13. The minimum atomic E-state index is -3.86. The lowest BCUT2D eigenvalue weighted by Gasteiger charge is -2.29. The Morgan fingerprint density at radius 3 is 1.29 bits per heavy atom. The molecule has 0 saturated carbocycles. The van der Waals surface area contributed by atoms with Crippen LogP contribution in [0.1, 0.15) is 22.8 Å². The molecule has 0 aliphatic rings. The number of halogens is 1. The third-order valence-corrected chi connectivity index (χ3v) is 8.34. The number of carbonyl (C=O) groups excluding carboxylic acids is 2. The van der Waals surface area contributed by atoms with Gasteiger partial charge in [-0.25, -0.2) is 16.8 Å². The van der Waals surface area contributed by atoms with Crippen LogP contribution in [-0.2, 0) is 44.8 Å². The van der Waals surface area contributed by atoms with E-state index in [0.29, 0.717) is 5.56 Å². The highest BCUT2D eigenvalue weighted by Gasteiger charge is 2.48. The molecule has 2 amide bonds. The molecule has 51 heavy (non-hydrogen) atoms. The van der Waals surface area contributed by atoms with Crippen molar-refractivity contribution in [3.05, 3.63) is 95.6 Å². The molecule has 0 aliphatic carbocycles. The van der Waals surface area contributed by atoms with Crippen LogP contribution in [0.3, 0.4) is 0 Å². The van der Waals surface area contributed by atoms with Gasteiger partial charge >= 0.3 is 0 Å². The number of alkyl halides is 1. The number of amides is 2. The van der Waals surface area contributed by atoms with Gasteiger partial charge in [-0.15, -0.1) is 0 Å². The van der Waals surface area contributed by atoms with Crippen molar-refractivity contribution in [2.45, 2.75) is 10.5 Å². The van der Waals surface area contributed by atoms with E-state index in [1.54, 1.807) is 60.7 Å². The molecule has 17 nitrogen and oxygen atoms in total. The lowest BCUT2D eigenvalue weighted by Crippen LogP contribution is -2.49. The molecule has 0 fully saturated rings. The number of nitrogens with one attached hydrogen (secondary N) is 2. The molecule has 4 aromatic rings. The number of carbonyl (C=O) groups is 2. The first-order chi connectivity index (χ1) is 24.0. The Morgan fingerprint density at radius 1 is 0.588 bits per heavy atom. The molecular formula is C31H35ClN6O11S2. The summed E-state index contributed by atoms with van der Waals surface area (Å²) in [5, 5.41) is 0. The van der Waals surface area contributed by atoms with E-state index in [2.05, 4.69) is 19.9 Å². The van der Waals surface area contributed by atoms with Crippen molar-refractivity contribution >= 4 is 43.5 Å². The lowest BCUT2D eigenvalue weighted by molar-refractivity contribution is -0.138. The Morgan fingerprint density at radius 2 is 0.941 bits per heavy atom. The largest absolute Gasteiger partial charge is 0.481 e. The molecule has 0 saturated heterocycles. The van der Waals surface area contributed by atoms with Gasteiger partial charge in [0, 0.05) is 12.7 Å². The summed E-state index contributed by atoms with van der Waals surface area (Å²) in [7, 11) is -0.936. The number of aromatic nitrogens is 4. The zero-order valence-corrected chi connectivity index (χ0v) is 30.8. The second-order valence-corrected chi connectivity index (χ2v) is 14.3. The molecule has 2 heterocycles. The Hall–Kier alpha value is -5.11. The monoisotopic (exact) mass is 766 g/mol. The minimum Gasteiger partial charge on any atom is -0.481 e. The van der Waals surface area contributed by atoms with Gasteiger partial charge in [0.05, 0.1) is 53.1 Å². The number of benzene rings is 2. The van der Waals surface area contributed by atoms with E-state index in [4.69, 9.17) is 35.3 Å². The summed E-state index contributed by atoms with van der Waals surface area (Å²) in [6, 6.07) is 19.3. The second-order valence-electron chi connectivity index (χ2n) is 10.2. The molecule has 0 bridgehead atoms. The Labute approximate surface area is 299 Å². The molecule has 2 N–H and O–H groups in total. The first-order valence-corrected chi connectivity index (χ1v) is 18.5. The number of sulfonamides is 2. The number of hydrogen-bond acceptors (Lipinski definition) is 15. The van der Waals surface area contributed by atoms with Crippen LogP contribution in [0.25, 0.3) is 0 Å². The van der Waals surface area contributed by atoms with Gasteiger partial charge in [0.2, 0.25) is 54.0 Å². The summed E-state index contributed by atoms with van der Waals surface area (Å²) in [5.74, 6) is -1.85. The SMILES string of the molecule is COc1cc(OC)nc(C(Cl)(C(=O)NS(C)(=O)=O)c2ccccc2)n1.COc1cc(OC)nc(C(OC)(C(=O)NS(C)(=O)=O)c2ccccc2)n1. The summed E-state index contributed by atoms with van der Waals surface area (Å²) in [5.41, 5.74) is -1.32. The fraction of sp³-hybridized carbons (Fsp3) is 0.290. The smallest absolute Gasteiger partial charge is 0.278 e.